The van der Waals surface area contributed by atoms with E-state index in [0.29, 0.717) is 0 Å². The minimum absolute atomic E-state index is 0.612. The Balaban J connectivity index is 1.70. The molecule has 0 bridgehead atoms. The van der Waals surface area contributed by atoms with E-state index in [1.54, 1.807) is 0 Å². The summed E-state index contributed by atoms with van der Waals surface area (Å²) in [6, 6.07) is -25.5. The van der Waals surface area contributed by atoms with Gasteiger partial charge in [-0.1, -0.05) is 139 Å². The van der Waals surface area contributed by atoms with E-state index in [1.807, 2.05) is 0 Å². The zero-order chi connectivity index (χ0) is 52.1. The minimum Gasteiger partial charge on any atom is -0.0622 e. The van der Waals surface area contributed by atoms with Crippen molar-refractivity contribution in [2.45, 2.75) is 12.3 Å². The molecule has 0 saturated carbocycles. The zero-order valence-corrected chi connectivity index (χ0v) is 21.0. The smallest absolute Gasteiger partial charge is 0.0622 e. The molecule has 0 fully saturated rings. The molecule has 0 heterocycles. The molecule has 0 N–H and O–H groups in total. The molecule has 0 nitrogen and oxygen atoms in total. The molecular formula is C42H28. The van der Waals surface area contributed by atoms with Crippen LogP contribution in [0.2, 0.25) is 0 Å². The van der Waals surface area contributed by atoms with Gasteiger partial charge in [0, 0.05) is 9.53 Å². The van der Waals surface area contributed by atoms with Crippen molar-refractivity contribution in [2.24, 2.45) is 0 Å². The summed E-state index contributed by atoms with van der Waals surface area (Å²) in [7, 11) is 0. The van der Waals surface area contributed by atoms with Gasteiger partial charge in [0.1, 0.15) is 0 Å². The van der Waals surface area contributed by atoms with Crippen molar-refractivity contribution >= 4 is 43.1 Å². The molecule has 0 saturated heterocycles. The number of hydrogen-bond donors (Lipinski definition) is 0. The fourth-order valence-corrected chi connectivity index (χ4v) is 5.59. The van der Waals surface area contributed by atoms with Crippen LogP contribution in [0.5, 0.6) is 0 Å². The summed E-state index contributed by atoms with van der Waals surface area (Å²) in [5, 5.41) is -5.72. The molecule has 1 aliphatic carbocycles. The Morgan fingerprint density at radius 3 is 1.93 bits per heavy atom. The van der Waals surface area contributed by atoms with E-state index in [-0.39, 0.29) is 0 Å². The van der Waals surface area contributed by atoms with Crippen molar-refractivity contribution in [3.8, 4) is 22.3 Å². The first-order valence-electron chi connectivity index (χ1n) is 26.5. The van der Waals surface area contributed by atoms with Crippen molar-refractivity contribution in [1.29, 1.82) is 0 Å². The molecule has 0 radical (unpaired) electrons. The lowest BCUT2D eigenvalue weighted by Gasteiger charge is -2.30. The standard InChI is InChI=1S/C42H28/c1-42(31-14-3-2-4-15-31)39-26-30(21-22-35(39)37-24-20-28-12-6-10-18-34(28)41(37)42)40-33-17-9-7-13-29(33)25-38-32-16-8-5-11-27(32)19-23-36(38)40/h2-26H,1H3/i1D3,2D,3D,4D,5D,6D,7D,8D,9D,10D,11D,12D,13D,14D,15D,16D,17D,18D,19D,20D,21D,22D,23D,24D,25D,26D. The minimum atomic E-state index is -3.93. The highest BCUT2D eigenvalue weighted by molar-refractivity contribution is 6.20. The van der Waals surface area contributed by atoms with Crippen LogP contribution in [0.3, 0.4) is 0 Å². The second kappa shape index (κ2) is 8.65. The molecule has 8 aromatic carbocycles. The van der Waals surface area contributed by atoms with Gasteiger partial charge >= 0.3 is 0 Å². The van der Waals surface area contributed by atoms with Gasteiger partial charge in [0.15, 0.2) is 0 Å². The highest BCUT2D eigenvalue weighted by Crippen LogP contribution is 2.55. The Morgan fingerprint density at radius 1 is 0.476 bits per heavy atom. The monoisotopic (exact) mass is 560 g/mol. The van der Waals surface area contributed by atoms with E-state index in [1.165, 1.54) is 0 Å². The van der Waals surface area contributed by atoms with Gasteiger partial charge in [-0.05, 0) is 101 Å². The van der Waals surface area contributed by atoms with E-state index in [9.17, 15) is 17.8 Å². The molecule has 1 aliphatic rings. The molecule has 0 amide bonds. The zero-order valence-electron chi connectivity index (χ0n) is 49.0. The van der Waals surface area contributed by atoms with Crippen molar-refractivity contribution in [2.75, 3.05) is 0 Å². The molecule has 196 valence electrons. The third-order valence-corrected chi connectivity index (χ3v) is 7.38. The summed E-state index contributed by atoms with van der Waals surface area (Å²) in [5.74, 6) is 0. The predicted octanol–water partition coefficient (Wildman–Crippen LogP) is 11.3. The summed E-state index contributed by atoms with van der Waals surface area (Å²) < 4.78 is 255. The first kappa shape index (κ1) is 8.90. The number of rotatable bonds is 2. The molecule has 1 atom stereocenters. The lowest BCUT2D eigenvalue weighted by molar-refractivity contribution is 0.720. The molecule has 9 rings (SSSR count). The van der Waals surface area contributed by atoms with Crippen LogP contribution in [0, 0.1) is 0 Å². The summed E-state index contributed by atoms with van der Waals surface area (Å²) >= 11 is 0. The lowest BCUT2D eigenvalue weighted by Crippen LogP contribution is -2.22. The Morgan fingerprint density at radius 2 is 1.12 bits per heavy atom. The molecule has 1 unspecified atom stereocenters. The number of fused-ring (bicyclic) bond motifs is 9. The molecule has 0 aromatic heterocycles. The molecule has 0 spiro atoms. The van der Waals surface area contributed by atoms with Gasteiger partial charge in [0.25, 0.3) is 0 Å². The summed E-state index contributed by atoms with van der Waals surface area (Å²) in [6.07, 6.45) is 0. The normalized spacial score (nSPS) is 25.5. The van der Waals surface area contributed by atoms with Gasteiger partial charge in [-0.3, -0.25) is 0 Å². The van der Waals surface area contributed by atoms with Gasteiger partial charge in [-0.15, -0.1) is 0 Å². The maximum absolute atomic E-state index is 10.3. The van der Waals surface area contributed by atoms with Crippen LogP contribution < -0.4 is 0 Å². The average Bonchev–Trinajstić information content (AvgIpc) is 3.63. The SMILES string of the molecule is [2H]c1c([2H])c([2H])c(C2(C([2H])([2H])[2H])c3c([2H])c(-c4c5c([2H])c([2H])c([2H])c([2H])c5c([2H])c5c4c([2H])c([2H])c4c([2H])c([2H])c([2H])c([2H])c45)c([2H])c([2H])c3-c3c([2H])c([2H])c4c([2H])c([2H])c([2H])c([2H])c4c32)c([2H])c1[2H]. The molecule has 0 aliphatic heterocycles. The maximum Gasteiger partial charge on any atom is 0.0636 e. The van der Waals surface area contributed by atoms with E-state index in [2.05, 4.69) is 0 Å². The van der Waals surface area contributed by atoms with Crippen LogP contribution >= 0.6 is 0 Å². The lowest BCUT2D eigenvalue weighted by atomic mass is 9.72. The summed E-state index contributed by atoms with van der Waals surface area (Å²) in [4.78, 5) is 0. The van der Waals surface area contributed by atoms with E-state index < -0.39 is 245 Å². The Kier molecular flexibility index (Phi) is 1.83. The van der Waals surface area contributed by atoms with Crippen molar-refractivity contribution in [3.05, 3.63) is 168 Å². The average molecular weight is 561 g/mol. The second-order valence-electron chi connectivity index (χ2n) is 9.50. The summed E-state index contributed by atoms with van der Waals surface area (Å²) in [5.41, 5.74) is -10.2. The highest BCUT2D eigenvalue weighted by Gasteiger charge is 2.42. The topological polar surface area (TPSA) is 0 Å². The van der Waals surface area contributed by atoms with Crippen LogP contribution in [0.15, 0.2) is 151 Å². The molecular weight excluding hydrogens is 504 g/mol. The largest absolute Gasteiger partial charge is 0.0636 e. The van der Waals surface area contributed by atoms with E-state index in [4.69, 9.17) is 20.6 Å². The van der Waals surface area contributed by atoms with Crippen LogP contribution in [-0.4, -0.2) is 0 Å². The van der Waals surface area contributed by atoms with E-state index in [0.717, 1.165) is 0 Å². The predicted molar refractivity (Wildman–Crippen MR) is 179 cm³/mol. The van der Waals surface area contributed by atoms with Crippen LogP contribution in [-0.2, 0) is 5.41 Å². The van der Waals surface area contributed by atoms with Gasteiger partial charge < -0.3 is 0 Å². The second-order valence-corrected chi connectivity index (χ2v) is 9.50. The fourth-order valence-electron chi connectivity index (χ4n) is 5.59. The van der Waals surface area contributed by atoms with Crippen molar-refractivity contribution < 1.29 is 38.4 Å². The quantitative estimate of drug-likeness (QED) is 0.146. The van der Waals surface area contributed by atoms with Crippen molar-refractivity contribution in [3.63, 3.8) is 0 Å². The number of hydrogen-bond acceptors (Lipinski definition) is 0. The van der Waals surface area contributed by atoms with Gasteiger partial charge in [-0.2, -0.15) is 0 Å². The maximum atomic E-state index is 10.3. The third kappa shape index (κ3) is 3.12. The van der Waals surface area contributed by atoms with Gasteiger partial charge in [-0.25, -0.2) is 0 Å². The Bertz CT molecular complexity index is 3840. The summed E-state index contributed by atoms with van der Waals surface area (Å²) in [6.45, 7) is -3.93. The van der Waals surface area contributed by atoms with Crippen LogP contribution in [0.4, 0.5) is 0 Å². The Labute approximate surface area is 284 Å². The van der Waals surface area contributed by atoms with Crippen molar-refractivity contribution in [1.82, 2.24) is 0 Å². The third-order valence-electron chi connectivity index (χ3n) is 7.38. The van der Waals surface area contributed by atoms with E-state index >= 15 is 0 Å². The first-order chi connectivity index (χ1) is 32.4. The molecule has 8 aromatic rings. The van der Waals surface area contributed by atoms with Gasteiger partial charge in [0.05, 0.1) is 34.3 Å². The Hall–Kier alpha value is -5.20. The van der Waals surface area contributed by atoms with Gasteiger partial charge in [0.2, 0.25) is 0 Å². The van der Waals surface area contributed by atoms with Crippen LogP contribution in [0.25, 0.3) is 65.3 Å². The highest BCUT2D eigenvalue weighted by atomic mass is 14.4. The fraction of sp³-hybridized carbons (Fsp3) is 0.0476. The molecule has 42 heavy (non-hydrogen) atoms. The number of benzene rings is 8. The van der Waals surface area contributed by atoms with Crippen LogP contribution in [0.1, 0.15) is 61.9 Å². The first-order valence-corrected chi connectivity index (χ1v) is 12.5. The molecule has 0 heteroatoms.